The molecule has 138 valence electrons. The number of amides is 1. The summed E-state index contributed by atoms with van der Waals surface area (Å²) in [6, 6.07) is 13.0. The van der Waals surface area contributed by atoms with Crippen molar-refractivity contribution in [2.75, 3.05) is 5.32 Å². The summed E-state index contributed by atoms with van der Waals surface area (Å²) in [5.41, 5.74) is 5.52. The molecule has 0 atom stereocenters. The van der Waals surface area contributed by atoms with Crippen LogP contribution in [0.2, 0.25) is 0 Å². The molecule has 0 unspecified atom stereocenters. The molecule has 3 aromatic rings. The van der Waals surface area contributed by atoms with E-state index in [1.54, 1.807) is 6.07 Å². The maximum absolute atomic E-state index is 13.0. The Bertz CT molecular complexity index is 1010. The Balaban J connectivity index is 1.95. The van der Waals surface area contributed by atoms with Crippen LogP contribution in [0.25, 0.3) is 5.69 Å². The molecule has 4 nitrogen and oxygen atoms in total. The fourth-order valence-electron chi connectivity index (χ4n) is 3.34. The van der Waals surface area contributed by atoms with Gasteiger partial charge in [-0.25, -0.2) is 4.39 Å². The largest absolute Gasteiger partial charge is 0.319 e. The predicted molar refractivity (Wildman–Crippen MR) is 104 cm³/mol. The molecule has 0 radical (unpaired) electrons. The van der Waals surface area contributed by atoms with Crippen LogP contribution in [0, 0.1) is 33.5 Å². The number of Topliss-reactive ketones (excluding diaryl/α,β-unsaturated/α-hetero) is 1. The highest BCUT2D eigenvalue weighted by Gasteiger charge is 2.23. The maximum atomic E-state index is 13.0. The third kappa shape index (κ3) is 3.53. The molecular formula is C22H21FN2O2. The Morgan fingerprint density at radius 2 is 1.52 bits per heavy atom. The summed E-state index contributed by atoms with van der Waals surface area (Å²) in [7, 11) is 0. The molecule has 0 aliphatic rings. The summed E-state index contributed by atoms with van der Waals surface area (Å²) in [5, 5.41) is 2.52. The molecule has 0 saturated heterocycles. The van der Waals surface area contributed by atoms with Crippen molar-refractivity contribution >= 4 is 17.4 Å². The van der Waals surface area contributed by atoms with Gasteiger partial charge in [0.05, 0.1) is 5.69 Å². The number of para-hydroxylation sites is 1. The van der Waals surface area contributed by atoms with Gasteiger partial charge in [0.15, 0.2) is 0 Å². The Kier molecular flexibility index (Phi) is 4.95. The van der Waals surface area contributed by atoms with Crippen molar-refractivity contribution in [2.45, 2.75) is 27.7 Å². The topological polar surface area (TPSA) is 51.1 Å². The zero-order valence-corrected chi connectivity index (χ0v) is 15.8. The van der Waals surface area contributed by atoms with Crippen LogP contribution in [0.1, 0.15) is 32.9 Å². The van der Waals surface area contributed by atoms with E-state index >= 15 is 0 Å². The highest BCUT2D eigenvalue weighted by atomic mass is 19.1. The van der Waals surface area contributed by atoms with Gasteiger partial charge in [-0.15, -0.1) is 0 Å². The molecule has 1 amide bonds. The molecular weight excluding hydrogens is 343 g/mol. The number of benzene rings is 2. The number of nitrogens with zero attached hydrogens (tertiary/aromatic N) is 1. The van der Waals surface area contributed by atoms with Crippen LogP contribution in [0.4, 0.5) is 10.1 Å². The summed E-state index contributed by atoms with van der Waals surface area (Å²) in [4.78, 5) is 25.1. The van der Waals surface area contributed by atoms with E-state index in [4.69, 9.17) is 0 Å². The minimum absolute atomic E-state index is 0.356. The third-order valence-corrected chi connectivity index (χ3v) is 4.65. The fraction of sp³-hybridized carbons (Fsp3) is 0.182. The smallest absolute Gasteiger partial charge is 0.296 e. The second-order valence-electron chi connectivity index (χ2n) is 6.65. The van der Waals surface area contributed by atoms with E-state index in [1.807, 2.05) is 50.5 Å². The zero-order chi connectivity index (χ0) is 19.7. The van der Waals surface area contributed by atoms with Gasteiger partial charge in [0.25, 0.3) is 11.7 Å². The molecule has 5 heteroatoms. The Morgan fingerprint density at radius 3 is 2.11 bits per heavy atom. The summed E-state index contributed by atoms with van der Waals surface area (Å²) in [5.74, 6) is -1.77. The lowest BCUT2D eigenvalue weighted by Gasteiger charge is -2.15. The molecule has 27 heavy (non-hydrogen) atoms. The van der Waals surface area contributed by atoms with Gasteiger partial charge in [0.2, 0.25) is 0 Å². The molecule has 3 rings (SSSR count). The maximum Gasteiger partial charge on any atom is 0.296 e. The van der Waals surface area contributed by atoms with Crippen LogP contribution >= 0.6 is 0 Å². The standard InChI is InChI=1S/C22H21FN2O2/c1-13-6-5-7-14(2)20(13)25-15(3)12-19(16(25)4)21(26)22(27)24-18-10-8-17(23)9-11-18/h5-12H,1-4H3,(H,24,27). The second kappa shape index (κ2) is 7.19. The number of aryl methyl sites for hydroxylation is 3. The number of rotatable bonds is 4. The minimum Gasteiger partial charge on any atom is -0.319 e. The Hall–Kier alpha value is -3.21. The Labute approximate surface area is 157 Å². The van der Waals surface area contributed by atoms with Crippen LogP contribution in [0.15, 0.2) is 48.5 Å². The molecule has 1 N–H and O–H groups in total. The number of carbonyl (C=O) groups is 2. The van der Waals surface area contributed by atoms with Gasteiger partial charge >= 0.3 is 0 Å². The first kappa shape index (κ1) is 18.6. The van der Waals surface area contributed by atoms with E-state index in [0.717, 1.165) is 22.5 Å². The van der Waals surface area contributed by atoms with Crippen molar-refractivity contribution in [3.63, 3.8) is 0 Å². The molecule has 1 heterocycles. The SMILES string of the molecule is Cc1cccc(C)c1-n1c(C)cc(C(=O)C(=O)Nc2ccc(F)cc2)c1C. The molecule has 0 fully saturated rings. The normalized spacial score (nSPS) is 10.7. The van der Waals surface area contributed by atoms with E-state index in [9.17, 15) is 14.0 Å². The molecule has 0 spiro atoms. The monoisotopic (exact) mass is 364 g/mol. The van der Waals surface area contributed by atoms with Gasteiger partial charge in [-0.1, -0.05) is 18.2 Å². The van der Waals surface area contributed by atoms with Gasteiger partial charge < -0.3 is 9.88 Å². The van der Waals surface area contributed by atoms with Crippen molar-refractivity contribution in [2.24, 2.45) is 0 Å². The first-order valence-corrected chi connectivity index (χ1v) is 8.66. The van der Waals surface area contributed by atoms with Crippen molar-refractivity contribution < 1.29 is 14.0 Å². The average Bonchev–Trinajstić information content (AvgIpc) is 2.91. The van der Waals surface area contributed by atoms with Gasteiger partial charge in [0.1, 0.15) is 5.82 Å². The number of nitrogens with one attached hydrogen (secondary N) is 1. The molecule has 1 aromatic heterocycles. The number of hydrogen-bond donors (Lipinski definition) is 1. The van der Waals surface area contributed by atoms with Crippen LogP contribution in [-0.4, -0.2) is 16.3 Å². The molecule has 2 aromatic carbocycles. The van der Waals surface area contributed by atoms with Gasteiger partial charge in [-0.2, -0.15) is 0 Å². The van der Waals surface area contributed by atoms with E-state index in [2.05, 4.69) is 5.32 Å². The first-order chi connectivity index (χ1) is 12.8. The molecule has 0 aliphatic heterocycles. The van der Waals surface area contributed by atoms with Crippen LogP contribution in [0.5, 0.6) is 0 Å². The quantitative estimate of drug-likeness (QED) is 0.540. The van der Waals surface area contributed by atoms with Gasteiger partial charge in [-0.3, -0.25) is 9.59 Å². The fourth-order valence-corrected chi connectivity index (χ4v) is 3.34. The minimum atomic E-state index is -0.747. The van der Waals surface area contributed by atoms with Crippen LogP contribution in [0.3, 0.4) is 0 Å². The van der Waals surface area contributed by atoms with Crippen LogP contribution < -0.4 is 5.32 Å². The van der Waals surface area contributed by atoms with E-state index < -0.39 is 17.5 Å². The summed E-state index contributed by atoms with van der Waals surface area (Å²) >= 11 is 0. The highest BCUT2D eigenvalue weighted by Crippen LogP contribution is 2.26. The lowest BCUT2D eigenvalue weighted by Crippen LogP contribution is -2.23. The lowest BCUT2D eigenvalue weighted by molar-refractivity contribution is -0.112. The summed E-state index contributed by atoms with van der Waals surface area (Å²) in [6.07, 6.45) is 0. The van der Waals surface area contributed by atoms with Gasteiger partial charge in [-0.05, 0) is 69.2 Å². The van der Waals surface area contributed by atoms with Crippen molar-refractivity contribution in [1.82, 2.24) is 4.57 Å². The summed E-state index contributed by atoms with van der Waals surface area (Å²) < 4.78 is 15.0. The average molecular weight is 364 g/mol. The van der Waals surface area contributed by atoms with E-state index in [1.165, 1.54) is 24.3 Å². The number of carbonyl (C=O) groups excluding carboxylic acids is 2. The second-order valence-corrected chi connectivity index (χ2v) is 6.65. The van der Waals surface area contributed by atoms with Gasteiger partial charge in [0, 0.05) is 22.6 Å². The van der Waals surface area contributed by atoms with Crippen LogP contribution in [-0.2, 0) is 4.79 Å². The number of halogens is 1. The van der Waals surface area contributed by atoms with Crippen molar-refractivity contribution in [3.05, 3.63) is 82.4 Å². The lowest BCUT2D eigenvalue weighted by atomic mass is 10.1. The zero-order valence-electron chi connectivity index (χ0n) is 15.8. The molecule has 0 saturated carbocycles. The molecule has 0 bridgehead atoms. The third-order valence-electron chi connectivity index (χ3n) is 4.65. The van der Waals surface area contributed by atoms with E-state index in [0.29, 0.717) is 16.9 Å². The number of ketones is 1. The molecule has 0 aliphatic carbocycles. The highest BCUT2D eigenvalue weighted by molar-refractivity contribution is 6.46. The van der Waals surface area contributed by atoms with Crippen molar-refractivity contribution in [1.29, 1.82) is 0 Å². The number of hydrogen-bond acceptors (Lipinski definition) is 2. The first-order valence-electron chi connectivity index (χ1n) is 8.66. The van der Waals surface area contributed by atoms with E-state index in [-0.39, 0.29) is 0 Å². The summed E-state index contributed by atoms with van der Waals surface area (Å²) in [6.45, 7) is 7.78. The predicted octanol–water partition coefficient (Wildman–Crippen LogP) is 4.67. The number of aromatic nitrogens is 1. The van der Waals surface area contributed by atoms with Crippen molar-refractivity contribution in [3.8, 4) is 5.69 Å². The number of anilines is 1. The Morgan fingerprint density at radius 1 is 0.926 bits per heavy atom.